The van der Waals surface area contributed by atoms with Crippen molar-refractivity contribution in [1.82, 2.24) is 4.57 Å². The van der Waals surface area contributed by atoms with Gasteiger partial charge in [-0.2, -0.15) is 4.99 Å². The topological polar surface area (TPSA) is 34.4 Å². The summed E-state index contributed by atoms with van der Waals surface area (Å²) >= 11 is 1.39. The minimum absolute atomic E-state index is 0.0103. The predicted molar refractivity (Wildman–Crippen MR) is 82.6 cm³/mol. The molecular weight excluding hydrogens is 287 g/mol. The van der Waals surface area contributed by atoms with E-state index in [-0.39, 0.29) is 17.6 Å². The van der Waals surface area contributed by atoms with Crippen LogP contribution in [0.5, 0.6) is 0 Å². The molecule has 1 fully saturated rings. The number of rotatable bonds is 2. The average molecular weight is 306 g/mol. The largest absolute Gasteiger partial charge is 0.317 e. The van der Waals surface area contributed by atoms with Crippen molar-refractivity contribution in [2.24, 2.45) is 10.9 Å². The minimum atomic E-state index is -0.253. The number of aromatic nitrogens is 1. The van der Waals surface area contributed by atoms with E-state index in [2.05, 4.69) is 4.99 Å². The Balaban J connectivity index is 2.02. The maximum atomic E-state index is 13.3. The SMILES string of the molecule is CCn1c(=NC(=O)C2CCCCC2)sc2cc(F)ccc21. The molecule has 1 aliphatic rings. The van der Waals surface area contributed by atoms with Gasteiger partial charge in [0.2, 0.25) is 0 Å². The molecule has 1 saturated carbocycles. The second kappa shape index (κ2) is 6.10. The summed E-state index contributed by atoms with van der Waals surface area (Å²) in [6.07, 6.45) is 5.37. The third kappa shape index (κ3) is 2.93. The van der Waals surface area contributed by atoms with Crippen LogP contribution in [0, 0.1) is 11.7 Å². The van der Waals surface area contributed by atoms with E-state index in [9.17, 15) is 9.18 Å². The van der Waals surface area contributed by atoms with Crippen molar-refractivity contribution in [1.29, 1.82) is 0 Å². The van der Waals surface area contributed by atoms with Crippen LogP contribution in [-0.2, 0) is 11.3 Å². The Hall–Kier alpha value is -1.49. The number of hydrogen-bond acceptors (Lipinski definition) is 2. The first-order valence-electron chi connectivity index (χ1n) is 7.56. The molecule has 1 aromatic heterocycles. The molecule has 0 atom stereocenters. The molecule has 0 spiro atoms. The van der Waals surface area contributed by atoms with Gasteiger partial charge in [-0.15, -0.1) is 0 Å². The van der Waals surface area contributed by atoms with Crippen molar-refractivity contribution >= 4 is 27.5 Å². The number of aryl methyl sites for hydroxylation is 1. The van der Waals surface area contributed by atoms with Gasteiger partial charge in [0.25, 0.3) is 5.91 Å². The molecule has 1 heterocycles. The van der Waals surface area contributed by atoms with Gasteiger partial charge in [-0.3, -0.25) is 4.79 Å². The predicted octanol–water partition coefficient (Wildman–Crippen LogP) is 3.87. The van der Waals surface area contributed by atoms with Crippen LogP contribution < -0.4 is 4.80 Å². The lowest BCUT2D eigenvalue weighted by atomic mass is 9.89. The van der Waals surface area contributed by atoms with Gasteiger partial charge < -0.3 is 4.57 Å². The summed E-state index contributed by atoms with van der Waals surface area (Å²) in [5.74, 6) is -0.188. The lowest BCUT2D eigenvalue weighted by molar-refractivity contribution is -0.122. The van der Waals surface area contributed by atoms with Crippen LogP contribution in [-0.4, -0.2) is 10.5 Å². The molecule has 0 aliphatic heterocycles. The molecule has 21 heavy (non-hydrogen) atoms. The molecule has 0 bridgehead atoms. The molecular formula is C16H19FN2OS. The zero-order chi connectivity index (χ0) is 14.8. The number of amides is 1. The van der Waals surface area contributed by atoms with E-state index < -0.39 is 0 Å². The smallest absolute Gasteiger partial charge is 0.251 e. The molecule has 0 radical (unpaired) electrons. The highest BCUT2D eigenvalue weighted by atomic mass is 32.1. The molecule has 0 N–H and O–H groups in total. The van der Waals surface area contributed by atoms with E-state index >= 15 is 0 Å². The third-order valence-corrected chi connectivity index (χ3v) is 5.16. The molecule has 0 unspecified atom stereocenters. The summed E-state index contributed by atoms with van der Waals surface area (Å²) in [4.78, 5) is 17.4. The fraction of sp³-hybridized carbons (Fsp3) is 0.500. The number of benzene rings is 1. The van der Waals surface area contributed by atoms with Gasteiger partial charge in [0, 0.05) is 12.5 Å². The van der Waals surface area contributed by atoms with E-state index in [4.69, 9.17) is 0 Å². The normalized spacial score (nSPS) is 17.5. The first-order valence-corrected chi connectivity index (χ1v) is 8.38. The number of thiazole rings is 1. The van der Waals surface area contributed by atoms with Crippen molar-refractivity contribution in [2.75, 3.05) is 0 Å². The fourth-order valence-corrected chi connectivity index (χ4v) is 4.10. The van der Waals surface area contributed by atoms with Gasteiger partial charge in [0.1, 0.15) is 5.82 Å². The molecule has 3 rings (SSSR count). The third-order valence-electron chi connectivity index (χ3n) is 4.12. The highest BCUT2D eigenvalue weighted by Gasteiger charge is 2.21. The van der Waals surface area contributed by atoms with E-state index in [1.54, 1.807) is 6.07 Å². The van der Waals surface area contributed by atoms with Gasteiger partial charge in [-0.05, 0) is 38.0 Å². The molecule has 112 valence electrons. The number of fused-ring (bicyclic) bond motifs is 1. The summed E-state index contributed by atoms with van der Waals surface area (Å²) in [7, 11) is 0. The van der Waals surface area contributed by atoms with E-state index in [1.165, 1.54) is 29.9 Å². The van der Waals surface area contributed by atoms with Gasteiger partial charge in [0.05, 0.1) is 10.2 Å². The Bertz CT molecular complexity index is 725. The van der Waals surface area contributed by atoms with Gasteiger partial charge in [-0.25, -0.2) is 4.39 Å². The zero-order valence-electron chi connectivity index (χ0n) is 12.1. The highest BCUT2D eigenvalue weighted by molar-refractivity contribution is 7.16. The van der Waals surface area contributed by atoms with E-state index in [0.717, 1.165) is 42.4 Å². The summed E-state index contributed by atoms with van der Waals surface area (Å²) in [5.41, 5.74) is 0.944. The maximum Gasteiger partial charge on any atom is 0.251 e. The molecule has 5 heteroatoms. The Morgan fingerprint density at radius 3 is 2.86 bits per heavy atom. The van der Waals surface area contributed by atoms with Crippen LogP contribution in [0.4, 0.5) is 4.39 Å². The van der Waals surface area contributed by atoms with E-state index in [1.807, 2.05) is 11.5 Å². The monoisotopic (exact) mass is 306 g/mol. The Kier molecular flexibility index (Phi) is 4.19. The highest BCUT2D eigenvalue weighted by Crippen LogP contribution is 2.25. The van der Waals surface area contributed by atoms with Crippen LogP contribution in [0.15, 0.2) is 23.2 Å². The van der Waals surface area contributed by atoms with Crippen molar-refractivity contribution in [3.8, 4) is 0 Å². The molecule has 1 amide bonds. The van der Waals surface area contributed by atoms with E-state index in [0.29, 0.717) is 4.80 Å². The van der Waals surface area contributed by atoms with Crippen molar-refractivity contribution < 1.29 is 9.18 Å². The number of halogens is 1. The fourth-order valence-electron chi connectivity index (χ4n) is 2.97. The number of carbonyl (C=O) groups is 1. The Labute approximate surface area is 127 Å². The van der Waals surface area contributed by atoms with Crippen molar-refractivity contribution in [3.05, 3.63) is 28.8 Å². The average Bonchev–Trinajstić information content (AvgIpc) is 2.84. The summed E-state index contributed by atoms with van der Waals surface area (Å²) in [6, 6.07) is 4.72. The molecule has 0 saturated heterocycles. The summed E-state index contributed by atoms with van der Waals surface area (Å²) in [5, 5.41) is 0. The Morgan fingerprint density at radius 2 is 2.14 bits per heavy atom. The molecule has 1 aromatic carbocycles. The molecule has 3 nitrogen and oxygen atoms in total. The van der Waals surface area contributed by atoms with Gasteiger partial charge >= 0.3 is 0 Å². The summed E-state index contributed by atoms with van der Waals surface area (Å²) < 4.78 is 16.2. The van der Waals surface area contributed by atoms with Gasteiger partial charge in [-0.1, -0.05) is 30.6 Å². The Morgan fingerprint density at radius 1 is 1.38 bits per heavy atom. The van der Waals surface area contributed by atoms with Crippen LogP contribution in [0.1, 0.15) is 39.0 Å². The number of hydrogen-bond donors (Lipinski definition) is 0. The van der Waals surface area contributed by atoms with Crippen LogP contribution >= 0.6 is 11.3 Å². The van der Waals surface area contributed by atoms with Crippen LogP contribution in [0.3, 0.4) is 0 Å². The van der Waals surface area contributed by atoms with Crippen molar-refractivity contribution in [2.45, 2.75) is 45.6 Å². The lowest BCUT2D eigenvalue weighted by Gasteiger charge is -2.17. The first-order chi connectivity index (χ1) is 10.2. The second-order valence-corrected chi connectivity index (χ2v) is 6.54. The lowest BCUT2D eigenvalue weighted by Crippen LogP contribution is -2.21. The minimum Gasteiger partial charge on any atom is -0.317 e. The van der Waals surface area contributed by atoms with Crippen LogP contribution in [0.2, 0.25) is 0 Å². The second-order valence-electron chi connectivity index (χ2n) is 5.53. The molecule has 2 aromatic rings. The quantitative estimate of drug-likeness (QED) is 0.829. The molecule has 1 aliphatic carbocycles. The first kappa shape index (κ1) is 14.4. The zero-order valence-corrected chi connectivity index (χ0v) is 13.0. The standard InChI is InChI=1S/C16H19FN2OS/c1-2-19-13-9-8-12(17)10-14(13)21-16(19)18-15(20)11-6-4-3-5-7-11/h8-11H,2-7H2,1H3. The van der Waals surface area contributed by atoms with Gasteiger partial charge in [0.15, 0.2) is 4.80 Å². The maximum absolute atomic E-state index is 13.3. The van der Waals surface area contributed by atoms with Crippen LogP contribution in [0.25, 0.3) is 10.2 Å². The number of carbonyl (C=O) groups excluding carboxylic acids is 1. The van der Waals surface area contributed by atoms with Crippen molar-refractivity contribution in [3.63, 3.8) is 0 Å². The number of nitrogens with zero attached hydrogens (tertiary/aromatic N) is 2. The summed E-state index contributed by atoms with van der Waals surface area (Å²) in [6.45, 7) is 2.74.